The zero-order valence-corrected chi connectivity index (χ0v) is 12.5. The fourth-order valence-corrected chi connectivity index (χ4v) is 1.69. The van der Waals surface area contributed by atoms with E-state index >= 15 is 0 Å². The van der Waals surface area contributed by atoms with Gasteiger partial charge in [-0.2, -0.15) is 0 Å². The molecule has 1 unspecified atom stereocenters. The normalized spacial score (nSPS) is 12.7. The van der Waals surface area contributed by atoms with Gasteiger partial charge in [0.25, 0.3) is 0 Å². The second-order valence-electron chi connectivity index (χ2n) is 5.41. The number of alkyl carbamates (subject to hydrolysis) is 1. The first-order valence-electron chi connectivity index (χ1n) is 6.53. The minimum absolute atomic E-state index is 0.126. The predicted octanol–water partition coefficient (Wildman–Crippen LogP) is 1.66. The zero-order valence-electron chi connectivity index (χ0n) is 12.5. The maximum atomic E-state index is 11.6. The van der Waals surface area contributed by atoms with E-state index in [1.165, 1.54) is 0 Å². The number of hydrogen-bond donors (Lipinski definition) is 2. The fourth-order valence-electron chi connectivity index (χ4n) is 1.69. The first kappa shape index (κ1) is 16.2. The van der Waals surface area contributed by atoms with E-state index in [2.05, 4.69) is 10.3 Å². The molecule has 0 aliphatic rings. The van der Waals surface area contributed by atoms with Gasteiger partial charge in [0.15, 0.2) is 0 Å². The Morgan fingerprint density at radius 1 is 1.50 bits per heavy atom. The summed E-state index contributed by atoms with van der Waals surface area (Å²) in [6.45, 7) is 6.14. The van der Waals surface area contributed by atoms with E-state index in [9.17, 15) is 4.79 Å². The minimum atomic E-state index is -0.523. The molecule has 0 aliphatic carbocycles. The van der Waals surface area contributed by atoms with Crippen molar-refractivity contribution in [1.29, 1.82) is 0 Å². The van der Waals surface area contributed by atoms with Gasteiger partial charge in [-0.25, -0.2) is 4.79 Å². The van der Waals surface area contributed by atoms with Gasteiger partial charge >= 0.3 is 6.09 Å². The van der Waals surface area contributed by atoms with Crippen molar-refractivity contribution in [1.82, 2.24) is 10.3 Å². The van der Waals surface area contributed by atoms with Gasteiger partial charge in [0.05, 0.1) is 12.8 Å². The van der Waals surface area contributed by atoms with Crippen LogP contribution in [0.4, 0.5) is 4.79 Å². The molecule has 0 saturated heterocycles. The van der Waals surface area contributed by atoms with Crippen molar-refractivity contribution < 1.29 is 14.3 Å². The third-order valence-corrected chi connectivity index (χ3v) is 2.58. The number of nitrogens with one attached hydrogen (secondary N) is 1. The Hall–Kier alpha value is -1.82. The number of nitrogens with two attached hydrogens (primary N) is 1. The van der Waals surface area contributed by atoms with Gasteiger partial charge in [-0.1, -0.05) is 0 Å². The number of methoxy groups -OCH3 is 1. The van der Waals surface area contributed by atoms with Gasteiger partial charge in [-0.3, -0.25) is 4.98 Å². The van der Waals surface area contributed by atoms with E-state index < -0.39 is 11.7 Å². The summed E-state index contributed by atoms with van der Waals surface area (Å²) in [6.07, 6.45) is 1.21. The lowest BCUT2D eigenvalue weighted by Gasteiger charge is -2.22. The molecule has 6 nitrogen and oxygen atoms in total. The molecule has 0 aliphatic heterocycles. The maximum absolute atomic E-state index is 11.6. The largest absolute Gasteiger partial charge is 0.495 e. The number of rotatable bonds is 5. The van der Waals surface area contributed by atoms with Crippen molar-refractivity contribution in [3.8, 4) is 5.75 Å². The summed E-state index contributed by atoms with van der Waals surface area (Å²) in [5.41, 5.74) is 5.96. The number of carbonyl (C=O) groups excluding carboxylic acids is 1. The van der Waals surface area contributed by atoms with E-state index in [-0.39, 0.29) is 5.92 Å². The second kappa shape index (κ2) is 7.09. The van der Waals surface area contributed by atoms with Crippen molar-refractivity contribution in [2.24, 2.45) is 5.73 Å². The molecule has 1 aromatic heterocycles. The van der Waals surface area contributed by atoms with Gasteiger partial charge in [0.1, 0.15) is 11.4 Å². The van der Waals surface area contributed by atoms with Crippen molar-refractivity contribution >= 4 is 6.09 Å². The van der Waals surface area contributed by atoms with Gasteiger partial charge in [0.2, 0.25) is 0 Å². The standard InChI is InChI=1S/C14H23N3O3/c1-14(2,3)20-13(18)17-9-10(8-15)12-11(19-4)6-5-7-16-12/h5-7,10H,8-9,15H2,1-4H3,(H,17,18). The molecule has 1 aromatic rings. The van der Waals surface area contributed by atoms with E-state index in [0.29, 0.717) is 18.8 Å². The van der Waals surface area contributed by atoms with Crippen LogP contribution in [0.15, 0.2) is 18.3 Å². The van der Waals surface area contributed by atoms with Crippen LogP contribution in [0.2, 0.25) is 0 Å². The highest BCUT2D eigenvalue weighted by molar-refractivity contribution is 5.67. The van der Waals surface area contributed by atoms with Gasteiger partial charge < -0.3 is 20.5 Å². The molecule has 0 saturated carbocycles. The van der Waals surface area contributed by atoms with Crippen LogP contribution in [-0.2, 0) is 4.74 Å². The predicted molar refractivity (Wildman–Crippen MR) is 76.8 cm³/mol. The Kier molecular flexibility index (Phi) is 5.76. The summed E-state index contributed by atoms with van der Waals surface area (Å²) in [4.78, 5) is 15.9. The number of pyridine rings is 1. The molecule has 0 spiro atoms. The number of aromatic nitrogens is 1. The highest BCUT2D eigenvalue weighted by Gasteiger charge is 2.20. The number of carbonyl (C=O) groups is 1. The Morgan fingerprint density at radius 2 is 2.20 bits per heavy atom. The Bertz CT molecular complexity index is 444. The van der Waals surface area contributed by atoms with Crippen LogP contribution in [0, 0.1) is 0 Å². The second-order valence-corrected chi connectivity index (χ2v) is 5.41. The molecule has 0 aromatic carbocycles. The highest BCUT2D eigenvalue weighted by Crippen LogP contribution is 2.22. The lowest BCUT2D eigenvalue weighted by atomic mass is 10.0. The number of amides is 1. The average molecular weight is 281 g/mol. The van der Waals surface area contributed by atoms with E-state index in [4.69, 9.17) is 15.2 Å². The van der Waals surface area contributed by atoms with Crippen LogP contribution < -0.4 is 15.8 Å². The summed E-state index contributed by atoms with van der Waals surface area (Å²) >= 11 is 0. The monoisotopic (exact) mass is 281 g/mol. The molecule has 1 amide bonds. The van der Waals surface area contributed by atoms with Crippen LogP contribution in [0.5, 0.6) is 5.75 Å². The van der Waals surface area contributed by atoms with Crippen LogP contribution >= 0.6 is 0 Å². The summed E-state index contributed by atoms with van der Waals surface area (Å²) in [7, 11) is 1.58. The molecule has 112 valence electrons. The lowest BCUT2D eigenvalue weighted by molar-refractivity contribution is 0.0524. The van der Waals surface area contributed by atoms with Crippen molar-refractivity contribution in [2.45, 2.75) is 32.3 Å². The van der Waals surface area contributed by atoms with Gasteiger partial charge in [-0.05, 0) is 32.9 Å². The van der Waals surface area contributed by atoms with Crippen LogP contribution in [0.3, 0.4) is 0 Å². The molecule has 6 heteroatoms. The molecule has 0 fully saturated rings. The summed E-state index contributed by atoms with van der Waals surface area (Å²) in [5, 5.41) is 2.70. The Morgan fingerprint density at radius 3 is 2.75 bits per heavy atom. The van der Waals surface area contributed by atoms with Crippen LogP contribution in [0.25, 0.3) is 0 Å². The molecule has 1 atom stereocenters. The van der Waals surface area contributed by atoms with Crippen molar-refractivity contribution in [3.05, 3.63) is 24.0 Å². The molecule has 1 heterocycles. The van der Waals surface area contributed by atoms with E-state index in [0.717, 1.165) is 5.69 Å². The van der Waals surface area contributed by atoms with Crippen LogP contribution in [0.1, 0.15) is 32.4 Å². The summed E-state index contributed by atoms with van der Waals surface area (Å²) in [6, 6.07) is 3.61. The van der Waals surface area contributed by atoms with E-state index in [1.807, 2.05) is 26.8 Å². The SMILES string of the molecule is COc1cccnc1C(CN)CNC(=O)OC(C)(C)C. The molecule has 0 radical (unpaired) electrons. The summed E-state index contributed by atoms with van der Waals surface area (Å²) < 4.78 is 10.4. The van der Waals surface area contributed by atoms with Gasteiger partial charge in [-0.15, -0.1) is 0 Å². The molecule has 1 rings (SSSR count). The average Bonchev–Trinajstić information content (AvgIpc) is 2.38. The fraction of sp³-hybridized carbons (Fsp3) is 0.571. The molecule has 20 heavy (non-hydrogen) atoms. The third kappa shape index (κ3) is 5.05. The zero-order chi connectivity index (χ0) is 15.2. The molecule has 3 N–H and O–H groups in total. The molecular weight excluding hydrogens is 258 g/mol. The minimum Gasteiger partial charge on any atom is -0.495 e. The van der Waals surface area contributed by atoms with Gasteiger partial charge in [0, 0.05) is 25.2 Å². The quantitative estimate of drug-likeness (QED) is 0.857. The molecular formula is C14H23N3O3. The molecule has 0 bridgehead atoms. The van der Waals surface area contributed by atoms with Crippen LogP contribution in [-0.4, -0.2) is 36.9 Å². The highest BCUT2D eigenvalue weighted by atomic mass is 16.6. The third-order valence-electron chi connectivity index (χ3n) is 2.58. The van der Waals surface area contributed by atoms with Crippen molar-refractivity contribution in [3.63, 3.8) is 0 Å². The maximum Gasteiger partial charge on any atom is 0.407 e. The Labute approximate surface area is 119 Å². The van der Waals surface area contributed by atoms with E-state index in [1.54, 1.807) is 19.4 Å². The smallest absolute Gasteiger partial charge is 0.407 e. The Balaban J connectivity index is 2.66. The first-order valence-corrected chi connectivity index (χ1v) is 6.53. The topological polar surface area (TPSA) is 86.5 Å². The number of ether oxygens (including phenoxy) is 2. The first-order chi connectivity index (χ1) is 9.37. The van der Waals surface area contributed by atoms with Crippen molar-refractivity contribution in [2.75, 3.05) is 20.2 Å². The lowest BCUT2D eigenvalue weighted by Crippen LogP contribution is -2.36. The summed E-state index contributed by atoms with van der Waals surface area (Å²) in [5.74, 6) is 0.535. The number of nitrogens with zero attached hydrogens (tertiary/aromatic N) is 1. The number of hydrogen-bond acceptors (Lipinski definition) is 5.